The molecular weight excluding hydrogens is 342 g/mol. The number of ether oxygens (including phenoxy) is 1. The molecule has 1 rings (SSSR count). The number of esters is 1. The number of hydrogen-bond donors (Lipinski definition) is 1. The molecule has 0 radical (unpaired) electrons. The number of allylic oxidation sites excluding steroid dienone is 1. The van der Waals surface area contributed by atoms with Crippen LogP contribution in [0.4, 0.5) is 0 Å². The predicted octanol–water partition coefficient (Wildman–Crippen LogP) is 4.38. The fourth-order valence-electron chi connectivity index (χ4n) is 3.56. The molecule has 0 aliphatic carbocycles. The van der Waals surface area contributed by atoms with Crippen LogP contribution in [0.25, 0.3) is 0 Å². The van der Waals surface area contributed by atoms with Gasteiger partial charge in [-0.1, -0.05) is 38.2 Å². The Morgan fingerprint density at radius 2 is 1.67 bits per heavy atom. The van der Waals surface area contributed by atoms with Gasteiger partial charge in [-0.2, -0.15) is 0 Å². The third kappa shape index (κ3) is 10.5. The molecule has 27 heavy (non-hydrogen) atoms. The van der Waals surface area contributed by atoms with Gasteiger partial charge in [0.1, 0.15) is 6.04 Å². The molecule has 1 atom stereocenters. The van der Waals surface area contributed by atoms with Gasteiger partial charge in [-0.25, -0.2) is 4.79 Å². The molecule has 0 bridgehead atoms. The maximum Gasteiger partial charge on any atom is 0.328 e. The van der Waals surface area contributed by atoms with Crippen LogP contribution >= 0.6 is 0 Å². The topological polar surface area (TPSA) is 66.8 Å². The van der Waals surface area contributed by atoms with E-state index in [1.807, 2.05) is 6.08 Å². The molecule has 1 fully saturated rings. The van der Waals surface area contributed by atoms with Gasteiger partial charge in [0.25, 0.3) is 0 Å². The predicted molar refractivity (Wildman–Crippen MR) is 108 cm³/mol. The van der Waals surface area contributed by atoms with E-state index in [1.54, 1.807) is 4.90 Å². The summed E-state index contributed by atoms with van der Waals surface area (Å²) in [7, 11) is 0. The molecular formula is C22H39NO4. The number of carbonyl (C=O) groups excluding carboxylic acids is 2. The van der Waals surface area contributed by atoms with Gasteiger partial charge in [0, 0.05) is 19.6 Å². The molecule has 0 spiro atoms. The Morgan fingerprint density at radius 3 is 2.41 bits per heavy atom. The van der Waals surface area contributed by atoms with E-state index >= 15 is 0 Å². The van der Waals surface area contributed by atoms with E-state index in [0.717, 1.165) is 57.8 Å². The maximum atomic E-state index is 12.5. The SMILES string of the molecule is C=CCCCCCCCCC(=O)N1CCCC1C(=O)OCCCCCCO. The highest BCUT2D eigenvalue weighted by Crippen LogP contribution is 2.21. The lowest BCUT2D eigenvalue weighted by Gasteiger charge is -2.23. The number of amides is 1. The van der Waals surface area contributed by atoms with Gasteiger partial charge in [0.05, 0.1) is 6.61 Å². The van der Waals surface area contributed by atoms with Crippen molar-refractivity contribution in [3.05, 3.63) is 12.7 Å². The number of unbranched alkanes of at least 4 members (excludes halogenated alkanes) is 9. The summed E-state index contributed by atoms with van der Waals surface area (Å²) in [4.78, 5) is 26.5. The molecule has 5 heteroatoms. The number of nitrogens with zero attached hydrogens (tertiary/aromatic N) is 1. The quantitative estimate of drug-likeness (QED) is 0.245. The van der Waals surface area contributed by atoms with E-state index in [-0.39, 0.29) is 24.5 Å². The van der Waals surface area contributed by atoms with Crippen molar-refractivity contribution in [3.8, 4) is 0 Å². The highest BCUT2D eigenvalue weighted by atomic mass is 16.5. The summed E-state index contributed by atoms with van der Waals surface area (Å²) in [5.74, 6) is -0.144. The molecule has 1 aliphatic heterocycles. The summed E-state index contributed by atoms with van der Waals surface area (Å²) in [5, 5.41) is 8.74. The monoisotopic (exact) mass is 381 g/mol. The van der Waals surface area contributed by atoms with Crippen molar-refractivity contribution in [1.29, 1.82) is 0 Å². The van der Waals surface area contributed by atoms with Gasteiger partial charge in [0.2, 0.25) is 5.91 Å². The maximum absolute atomic E-state index is 12.5. The van der Waals surface area contributed by atoms with E-state index in [2.05, 4.69) is 6.58 Å². The van der Waals surface area contributed by atoms with Crippen LogP contribution in [0, 0.1) is 0 Å². The van der Waals surface area contributed by atoms with E-state index in [1.165, 1.54) is 25.7 Å². The molecule has 1 unspecified atom stereocenters. The van der Waals surface area contributed by atoms with Gasteiger partial charge in [-0.3, -0.25) is 4.79 Å². The number of hydrogen-bond acceptors (Lipinski definition) is 4. The molecule has 156 valence electrons. The van der Waals surface area contributed by atoms with Gasteiger partial charge >= 0.3 is 5.97 Å². The largest absolute Gasteiger partial charge is 0.464 e. The Morgan fingerprint density at radius 1 is 1.00 bits per heavy atom. The lowest BCUT2D eigenvalue weighted by molar-refractivity contribution is -0.153. The first-order valence-corrected chi connectivity index (χ1v) is 10.9. The summed E-state index contributed by atoms with van der Waals surface area (Å²) in [6.45, 7) is 5.04. The van der Waals surface area contributed by atoms with Gasteiger partial charge in [0.15, 0.2) is 0 Å². The fraction of sp³-hybridized carbons (Fsp3) is 0.818. The van der Waals surface area contributed by atoms with Crippen molar-refractivity contribution in [1.82, 2.24) is 4.90 Å². The Bertz CT molecular complexity index is 425. The minimum Gasteiger partial charge on any atom is -0.464 e. The Hall–Kier alpha value is -1.36. The molecule has 1 N–H and O–H groups in total. The normalized spacial score (nSPS) is 16.5. The average Bonchev–Trinajstić information content (AvgIpc) is 3.16. The second-order valence-electron chi connectivity index (χ2n) is 7.50. The van der Waals surface area contributed by atoms with Crippen LogP contribution in [0.3, 0.4) is 0 Å². The van der Waals surface area contributed by atoms with E-state index < -0.39 is 0 Å². The molecule has 1 amide bonds. The molecule has 0 aromatic carbocycles. The Kier molecular flexibility index (Phi) is 13.7. The van der Waals surface area contributed by atoms with Crippen molar-refractivity contribution in [2.75, 3.05) is 19.8 Å². The Labute approximate surface area is 165 Å². The lowest BCUT2D eigenvalue weighted by atomic mass is 10.1. The number of aliphatic hydroxyl groups excluding tert-OH is 1. The van der Waals surface area contributed by atoms with Crippen molar-refractivity contribution in [2.24, 2.45) is 0 Å². The van der Waals surface area contributed by atoms with Crippen molar-refractivity contribution >= 4 is 11.9 Å². The second-order valence-corrected chi connectivity index (χ2v) is 7.50. The zero-order valence-corrected chi connectivity index (χ0v) is 17.0. The van der Waals surface area contributed by atoms with E-state index in [4.69, 9.17) is 9.84 Å². The third-order valence-corrected chi connectivity index (χ3v) is 5.19. The smallest absolute Gasteiger partial charge is 0.328 e. The highest BCUT2D eigenvalue weighted by Gasteiger charge is 2.34. The zero-order valence-electron chi connectivity index (χ0n) is 17.0. The zero-order chi connectivity index (χ0) is 19.7. The van der Waals surface area contributed by atoms with Crippen LogP contribution in [0.15, 0.2) is 12.7 Å². The number of rotatable bonds is 16. The van der Waals surface area contributed by atoms with Crippen LogP contribution < -0.4 is 0 Å². The first-order valence-electron chi connectivity index (χ1n) is 10.9. The van der Waals surface area contributed by atoms with E-state index in [9.17, 15) is 9.59 Å². The molecule has 5 nitrogen and oxygen atoms in total. The molecule has 0 aromatic rings. The number of likely N-dealkylation sites (tertiary alicyclic amines) is 1. The fourth-order valence-corrected chi connectivity index (χ4v) is 3.56. The third-order valence-electron chi connectivity index (χ3n) is 5.19. The van der Waals surface area contributed by atoms with E-state index in [0.29, 0.717) is 19.6 Å². The second kappa shape index (κ2) is 15.7. The Balaban J connectivity index is 2.15. The average molecular weight is 382 g/mol. The van der Waals surface area contributed by atoms with Crippen molar-refractivity contribution in [2.45, 2.75) is 95.9 Å². The van der Waals surface area contributed by atoms with Gasteiger partial charge in [-0.15, -0.1) is 6.58 Å². The van der Waals surface area contributed by atoms with Crippen molar-refractivity contribution < 1.29 is 19.4 Å². The summed E-state index contributed by atoms with van der Waals surface area (Å²) in [5.41, 5.74) is 0. The van der Waals surface area contributed by atoms with Crippen LogP contribution in [-0.2, 0) is 14.3 Å². The molecule has 1 heterocycles. The molecule has 1 aliphatic rings. The molecule has 0 aromatic heterocycles. The van der Waals surface area contributed by atoms with Gasteiger partial charge in [-0.05, 0) is 51.4 Å². The first-order chi connectivity index (χ1) is 13.2. The lowest BCUT2D eigenvalue weighted by Crippen LogP contribution is -2.41. The summed E-state index contributed by atoms with van der Waals surface area (Å²) in [6, 6.07) is -0.381. The molecule has 1 saturated heterocycles. The van der Waals surface area contributed by atoms with Crippen molar-refractivity contribution in [3.63, 3.8) is 0 Å². The summed E-state index contributed by atoms with van der Waals surface area (Å²) in [6.07, 6.45) is 15.5. The number of aliphatic hydroxyl groups is 1. The van der Waals surface area contributed by atoms with Crippen LogP contribution in [0.2, 0.25) is 0 Å². The first kappa shape index (κ1) is 23.7. The highest BCUT2D eigenvalue weighted by molar-refractivity contribution is 5.85. The number of carbonyl (C=O) groups is 2. The van der Waals surface area contributed by atoms with Crippen LogP contribution in [-0.4, -0.2) is 47.7 Å². The molecule has 0 saturated carbocycles. The summed E-state index contributed by atoms with van der Waals surface area (Å²) >= 11 is 0. The standard InChI is InChI=1S/C22H39NO4/c1-2-3-4-5-6-7-8-11-16-21(25)23-17-14-15-20(23)22(26)27-19-13-10-9-12-18-24/h2,20,24H,1,3-19H2. The van der Waals surface area contributed by atoms with Crippen LogP contribution in [0.5, 0.6) is 0 Å². The minimum absolute atomic E-state index is 0.101. The van der Waals surface area contributed by atoms with Gasteiger partial charge < -0.3 is 14.7 Å². The minimum atomic E-state index is -0.381. The van der Waals surface area contributed by atoms with Crippen LogP contribution in [0.1, 0.15) is 89.9 Å². The summed E-state index contributed by atoms with van der Waals surface area (Å²) < 4.78 is 5.37.